The average Bonchev–Trinajstić information content (AvgIpc) is 2.45. The summed E-state index contributed by atoms with van der Waals surface area (Å²) in [6.07, 6.45) is 5.26. The van der Waals surface area contributed by atoms with Crippen LogP contribution in [0.5, 0.6) is 0 Å². The Morgan fingerprint density at radius 1 is 1.25 bits per heavy atom. The van der Waals surface area contributed by atoms with Gasteiger partial charge in [-0.2, -0.15) is 0 Å². The lowest BCUT2D eigenvalue weighted by Gasteiger charge is -2.17. The third-order valence-electron chi connectivity index (χ3n) is 2.92. The van der Waals surface area contributed by atoms with E-state index in [0.29, 0.717) is 6.54 Å². The van der Waals surface area contributed by atoms with Crippen molar-refractivity contribution in [3.63, 3.8) is 0 Å². The van der Waals surface area contributed by atoms with E-state index in [1.807, 2.05) is 45.0 Å². The molecule has 0 unspecified atom stereocenters. The van der Waals surface area contributed by atoms with Gasteiger partial charge >= 0.3 is 0 Å². The Bertz CT molecular complexity index is 588. The molecule has 2 rings (SSSR count). The number of aromatic nitrogens is 2. The highest BCUT2D eigenvalue weighted by atomic mass is 16.2. The zero-order valence-corrected chi connectivity index (χ0v) is 12.1. The lowest BCUT2D eigenvalue weighted by Crippen LogP contribution is -2.34. The SMILES string of the molecule is CC(C)(C)C(=O)NCc1ccnc(-c2cccnc2)c1. The van der Waals surface area contributed by atoms with Gasteiger partial charge in [0.15, 0.2) is 0 Å². The summed E-state index contributed by atoms with van der Waals surface area (Å²) in [5, 5.41) is 2.94. The molecule has 0 radical (unpaired) electrons. The van der Waals surface area contributed by atoms with Crippen molar-refractivity contribution in [1.29, 1.82) is 0 Å². The van der Waals surface area contributed by atoms with Crippen molar-refractivity contribution < 1.29 is 4.79 Å². The predicted molar refractivity (Wildman–Crippen MR) is 78.8 cm³/mol. The van der Waals surface area contributed by atoms with Crippen LogP contribution in [-0.2, 0) is 11.3 Å². The second-order valence-electron chi connectivity index (χ2n) is 5.72. The van der Waals surface area contributed by atoms with Gasteiger partial charge in [-0.1, -0.05) is 20.8 Å². The number of amides is 1. The quantitative estimate of drug-likeness (QED) is 0.932. The van der Waals surface area contributed by atoms with E-state index in [1.54, 1.807) is 18.6 Å². The minimum absolute atomic E-state index is 0.0391. The van der Waals surface area contributed by atoms with Crippen LogP contribution in [0.2, 0.25) is 0 Å². The van der Waals surface area contributed by atoms with E-state index in [2.05, 4.69) is 15.3 Å². The molecule has 0 aliphatic heterocycles. The lowest BCUT2D eigenvalue weighted by atomic mass is 9.95. The third-order valence-corrected chi connectivity index (χ3v) is 2.92. The van der Waals surface area contributed by atoms with Crippen LogP contribution in [0.1, 0.15) is 26.3 Å². The third kappa shape index (κ3) is 3.63. The van der Waals surface area contributed by atoms with Gasteiger partial charge in [-0.15, -0.1) is 0 Å². The average molecular weight is 269 g/mol. The van der Waals surface area contributed by atoms with Crippen LogP contribution in [0, 0.1) is 5.41 Å². The van der Waals surface area contributed by atoms with Gasteiger partial charge in [0.05, 0.1) is 5.69 Å². The van der Waals surface area contributed by atoms with Gasteiger partial charge in [-0.3, -0.25) is 14.8 Å². The van der Waals surface area contributed by atoms with Crippen molar-refractivity contribution in [3.05, 3.63) is 48.4 Å². The van der Waals surface area contributed by atoms with E-state index in [4.69, 9.17) is 0 Å². The Labute approximate surface area is 119 Å². The molecule has 2 aromatic rings. The Hall–Kier alpha value is -2.23. The van der Waals surface area contributed by atoms with Gasteiger partial charge in [0.1, 0.15) is 0 Å². The summed E-state index contributed by atoms with van der Waals surface area (Å²) in [7, 11) is 0. The summed E-state index contributed by atoms with van der Waals surface area (Å²) in [6.45, 7) is 6.20. The van der Waals surface area contributed by atoms with Crippen molar-refractivity contribution in [3.8, 4) is 11.3 Å². The van der Waals surface area contributed by atoms with Crippen LogP contribution in [0.15, 0.2) is 42.9 Å². The molecule has 1 N–H and O–H groups in total. The van der Waals surface area contributed by atoms with Gasteiger partial charge in [0, 0.05) is 36.1 Å². The monoisotopic (exact) mass is 269 g/mol. The maximum Gasteiger partial charge on any atom is 0.225 e. The maximum absolute atomic E-state index is 11.9. The fraction of sp³-hybridized carbons (Fsp3) is 0.312. The van der Waals surface area contributed by atoms with E-state index in [9.17, 15) is 4.79 Å². The highest BCUT2D eigenvalue weighted by Crippen LogP contribution is 2.17. The van der Waals surface area contributed by atoms with E-state index < -0.39 is 0 Å². The molecule has 0 aliphatic rings. The first-order chi connectivity index (χ1) is 9.47. The Morgan fingerprint density at radius 2 is 2.05 bits per heavy atom. The summed E-state index contributed by atoms with van der Waals surface area (Å²) < 4.78 is 0. The number of pyridine rings is 2. The molecule has 0 atom stereocenters. The van der Waals surface area contributed by atoms with Crippen molar-refractivity contribution in [2.75, 3.05) is 0 Å². The second kappa shape index (κ2) is 5.82. The largest absolute Gasteiger partial charge is 0.352 e. The van der Waals surface area contributed by atoms with E-state index in [0.717, 1.165) is 16.8 Å². The second-order valence-corrected chi connectivity index (χ2v) is 5.72. The molecule has 0 saturated heterocycles. The van der Waals surface area contributed by atoms with Crippen LogP contribution in [0.3, 0.4) is 0 Å². The number of hydrogen-bond donors (Lipinski definition) is 1. The van der Waals surface area contributed by atoms with Crippen LogP contribution in [0.4, 0.5) is 0 Å². The smallest absolute Gasteiger partial charge is 0.225 e. The fourth-order valence-electron chi connectivity index (χ4n) is 1.70. The summed E-state index contributed by atoms with van der Waals surface area (Å²) in [4.78, 5) is 20.3. The number of rotatable bonds is 3. The molecule has 1 amide bonds. The molecule has 4 heteroatoms. The maximum atomic E-state index is 11.9. The number of carbonyl (C=O) groups excluding carboxylic acids is 1. The molecule has 4 nitrogen and oxygen atoms in total. The highest BCUT2D eigenvalue weighted by molar-refractivity contribution is 5.81. The molecular weight excluding hydrogens is 250 g/mol. The lowest BCUT2D eigenvalue weighted by molar-refractivity contribution is -0.128. The van der Waals surface area contributed by atoms with E-state index in [1.165, 1.54) is 0 Å². The molecule has 2 aromatic heterocycles. The van der Waals surface area contributed by atoms with Gasteiger partial charge in [-0.05, 0) is 29.8 Å². The minimum Gasteiger partial charge on any atom is -0.352 e. The Balaban J connectivity index is 2.10. The normalized spacial score (nSPS) is 11.2. The van der Waals surface area contributed by atoms with Crippen molar-refractivity contribution in [2.45, 2.75) is 27.3 Å². The number of nitrogens with one attached hydrogen (secondary N) is 1. The molecule has 0 fully saturated rings. The Morgan fingerprint density at radius 3 is 2.70 bits per heavy atom. The van der Waals surface area contributed by atoms with Gasteiger partial charge in [0.25, 0.3) is 0 Å². The van der Waals surface area contributed by atoms with Crippen molar-refractivity contribution in [2.24, 2.45) is 5.41 Å². The zero-order valence-electron chi connectivity index (χ0n) is 12.1. The summed E-state index contributed by atoms with van der Waals surface area (Å²) in [5.74, 6) is 0.0391. The number of carbonyl (C=O) groups is 1. The molecule has 104 valence electrons. The number of nitrogens with zero attached hydrogens (tertiary/aromatic N) is 2. The first-order valence-electron chi connectivity index (χ1n) is 6.60. The molecule has 0 aromatic carbocycles. The highest BCUT2D eigenvalue weighted by Gasteiger charge is 2.20. The van der Waals surface area contributed by atoms with Crippen molar-refractivity contribution in [1.82, 2.24) is 15.3 Å². The molecule has 0 aliphatic carbocycles. The first kappa shape index (κ1) is 14.2. The molecule has 20 heavy (non-hydrogen) atoms. The minimum atomic E-state index is -0.376. The summed E-state index contributed by atoms with van der Waals surface area (Å²) in [5.41, 5.74) is 2.48. The van der Waals surface area contributed by atoms with Gasteiger partial charge in [0.2, 0.25) is 5.91 Å². The van der Waals surface area contributed by atoms with E-state index in [-0.39, 0.29) is 11.3 Å². The molecular formula is C16H19N3O. The summed E-state index contributed by atoms with van der Waals surface area (Å²) >= 11 is 0. The van der Waals surface area contributed by atoms with E-state index >= 15 is 0 Å². The molecule has 2 heterocycles. The van der Waals surface area contributed by atoms with Crippen molar-refractivity contribution >= 4 is 5.91 Å². The molecule has 0 saturated carbocycles. The summed E-state index contributed by atoms with van der Waals surface area (Å²) in [6, 6.07) is 7.72. The molecule has 0 spiro atoms. The first-order valence-corrected chi connectivity index (χ1v) is 6.60. The van der Waals surface area contributed by atoms with Crippen LogP contribution in [0.25, 0.3) is 11.3 Å². The van der Waals surface area contributed by atoms with Crippen LogP contribution >= 0.6 is 0 Å². The topological polar surface area (TPSA) is 54.9 Å². The van der Waals surface area contributed by atoms with Crippen LogP contribution < -0.4 is 5.32 Å². The van der Waals surface area contributed by atoms with Crippen LogP contribution in [-0.4, -0.2) is 15.9 Å². The van der Waals surface area contributed by atoms with Gasteiger partial charge in [-0.25, -0.2) is 0 Å². The Kier molecular flexibility index (Phi) is 4.13. The standard InChI is InChI=1S/C16H19N3O/c1-16(2,3)15(20)19-10-12-6-8-18-14(9-12)13-5-4-7-17-11-13/h4-9,11H,10H2,1-3H3,(H,19,20). The number of hydrogen-bond acceptors (Lipinski definition) is 3. The molecule has 0 bridgehead atoms. The van der Waals surface area contributed by atoms with Gasteiger partial charge < -0.3 is 5.32 Å². The predicted octanol–water partition coefficient (Wildman–Crippen LogP) is 2.81. The zero-order chi connectivity index (χ0) is 14.6. The fourth-order valence-corrected chi connectivity index (χ4v) is 1.70.